The standard InChI is InChI=1S/C7H13N3O3/c1-7(12)2-5(9-10-8)4-13-6(7)3-11/h5-6,11-12H,2-4H2,1H3/t5?,6-,7?/m1/s1. The van der Waals surface area contributed by atoms with Gasteiger partial charge >= 0.3 is 0 Å². The van der Waals surface area contributed by atoms with Crippen LogP contribution in [0.2, 0.25) is 0 Å². The molecule has 0 aromatic rings. The van der Waals surface area contributed by atoms with E-state index < -0.39 is 11.7 Å². The van der Waals surface area contributed by atoms with Gasteiger partial charge in [-0.1, -0.05) is 5.11 Å². The molecule has 3 atom stereocenters. The van der Waals surface area contributed by atoms with Crippen molar-refractivity contribution in [2.75, 3.05) is 13.2 Å². The van der Waals surface area contributed by atoms with Gasteiger partial charge in [0.15, 0.2) is 0 Å². The van der Waals surface area contributed by atoms with E-state index in [0.717, 1.165) is 0 Å². The van der Waals surface area contributed by atoms with Crippen LogP contribution in [0.3, 0.4) is 0 Å². The molecular weight excluding hydrogens is 174 g/mol. The summed E-state index contributed by atoms with van der Waals surface area (Å²) in [5, 5.41) is 22.1. The van der Waals surface area contributed by atoms with Gasteiger partial charge in [0, 0.05) is 4.91 Å². The van der Waals surface area contributed by atoms with Crippen molar-refractivity contribution < 1.29 is 14.9 Å². The molecule has 0 spiro atoms. The van der Waals surface area contributed by atoms with Gasteiger partial charge in [-0.2, -0.15) is 0 Å². The van der Waals surface area contributed by atoms with Crippen LogP contribution < -0.4 is 0 Å². The predicted octanol–water partition coefficient (Wildman–Crippen LogP) is 0.198. The number of aliphatic hydroxyl groups is 2. The first-order valence-electron chi connectivity index (χ1n) is 4.09. The number of hydrogen-bond donors (Lipinski definition) is 2. The lowest BCUT2D eigenvalue weighted by molar-refractivity contribution is -0.155. The fourth-order valence-corrected chi connectivity index (χ4v) is 1.47. The van der Waals surface area contributed by atoms with E-state index in [1.807, 2.05) is 0 Å². The van der Waals surface area contributed by atoms with E-state index in [1.54, 1.807) is 6.92 Å². The zero-order valence-corrected chi connectivity index (χ0v) is 7.42. The fourth-order valence-electron chi connectivity index (χ4n) is 1.47. The first-order valence-corrected chi connectivity index (χ1v) is 4.09. The van der Waals surface area contributed by atoms with E-state index in [2.05, 4.69) is 10.0 Å². The van der Waals surface area contributed by atoms with Gasteiger partial charge in [0.1, 0.15) is 6.10 Å². The smallest absolute Gasteiger partial charge is 0.109 e. The molecule has 0 aromatic carbocycles. The molecule has 0 bridgehead atoms. The Balaban J connectivity index is 2.63. The van der Waals surface area contributed by atoms with Crippen LogP contribution in [-0.2, 0) is 4.74 Å². The minimum absolute atomic E-state index is 0.226. The maximum atomic E-state index is 9.76. The first kappa shape index (κ1) is 10.3. The van der Waals surface area contributed by atoms with E-state index in [1.165, 1.54) is 0 Å². The highest BCUT2D eigenvalue weighted by atomic mass is 16.5. The summed E-state index contributed by atoms with van der Waals surface area (Å²) in [4.78, 5) is 2.65. The number of nitrogens with zero attached hydrogens (tertiary/aromatic N) is 3. The summed E-state index contributed by atoms with van der Waals surface area (Å²) >= 11 is 0. The molecule has 6 heteroatoms. The van der Waals surface area contributed by atoms with Crippen molar-refractivity contribution >= 4 is 0 Å². The van der Waals surface area contributed by atoms with E-state index in [4.69, 9.17) is 15.4 Å². The van der Waals surface area contributed by atoms with Gasteiger partial charge in [0.05, 0.1) is 24.9 Å². The Morgan fingerprint density at radius 1 is 1.77 bits per heavy atom. The molecule has 0 saturated carbocycles. The molecule has 6 nitrogen and oxygen atoms in total. The first-order chi connectivity index (χ1) is 6.10. The van der Waals surface area contributed by atoms with Crippen LogP contribution in [-0.4, -0.2) is 41.2 Å². The quantitative estimate of drug-likeness (QED) is 0.367. The van der Waals surface area contributed by atoms with Gasteiger partial charge in [-0.15, -0.1) is 0 Å². The molecule has 0 aromatic heterocycles. The van der Waals surface area contributed by atoms with E-state index in [9.17, 15) is 5.11 Å². The zero-order valence-electron chi connectivity index (χ0n) is 7.42. The van der Waals surface area contributed by atoms with Crippen molar-refractivity contribution in [3.8, 4) is 0 Å². The van der Waals surface area contributed by atoms with Gasteiger partial charge in [-0.3, -0.25) is 0 Å². The van der Waals surface area contributed by atoms with Crippen LogP contribution in [0.5, 0.6) is 0 Å². The Bertz CT molecular complexity index is 225. The number of aliphatic hydroxyl groups excluding tert-OH is 1. The van der Waals surface area contributed by atoms with E-state index in [-0.39, 0.29) is 19.3 Å². The summed E-state index contributed by atoms with van der Waals surface area (Å²) in [6.07, 6.45) is -0.264. The van der Waals surface area contributed by atoms with E-state index in [0.29, 0.717) is 6.42 Å². The molecular formula is C7H13N3O3. The second kappa shape index (κ2) is 3.93. The Kier molecular flexibility index (Phi) is 3.11. The molecule has 0 amide bonds. The van der Waals surface area contributed by atoms with Crippen molar-refractivity contribution in [2.45, 2.75) is 31.1 Å². The minimum atomic E-state index is -1.12. The second-order valence-corrected chi connectivity index (χ2v) is 3.42. The lowest BCUT2D eigenvalue weighted by Gasteiger charge is -2.38. The van der Waals surface area contributed by atoms with Gasteiger partial charge in [0.25, 0.3) is 0 Å². The number of ether oxygens (including phenoxy) is 1. The van der Waals surface area contributed by atoms with Crippen LogP contribution in [0.25, 0.3) is 10.4 Å². The Morgan fingerprint density at radius 3 is 2.92 bits per heavy atom. The molecule has 13 heavy (non-hydrogen) atoms. The lowest BCUT2D eigenvalue weighted by Crippen LogP contribution is -2.51. The lowest BCUT2D eigenvalue weighted by atomic mass is 9.89. The van der Waals surface area contributed by atoms with Crippen LogP contribution in [0, 0.1) is 0 Å². The molecule has 1 aliphatic rings. The summed E-state index contributed by atoms with van der Waals surface area (Å²) in [5.74, 6) is 0. The summed E-state index contributed by atoms with van der Waals surface area (Å²) < 4.78 is 5.14. The Hall–Kier alpha value is -0.810. The molecule has 0 aliphatic carbocycles. The molecule has 1 aliphatic heterocycles. The molecule has 1 saturated heterocycles. The topological polar surface area (TPSA) is 98.5 Å². The van der Waals surface area contributed by atoms with Crippen molar-refractivity contribution in [1.82, 2.24) is 0 Å². The van der Waals surface area contributed by atoms with Crippen molar-refractivity contribution in [1.29, 1.82) is 0 Å². The monoisotopic (exact) mass is 187 g/mol. The Morgan fingerprint density at radius 2 is 2.46 bits per heavy atom. The van der Waals surface area contributed by atoms with Crippen molar-refractivity contribution in [2.24, 2.45) is 5.11 Å². The molecule has 74 valence electrons. The van der Waals surface area contributed by atoms with Crippen LogP contribution in [0.15, 0.2) is 5.11 Å². The largest absolute Gasteiger partial charge is 0.394 e. The summed E-state index contributed by atoms with van der Waals surface area (Å²) in [6, 6.07) is -0.345. The number of azide groups is 1. The third-order valence-electron chi connectivity index (χ3n) is 2.21. The number of rotatable bonds is 2. The fraction of sp³-hybridized carbons (Fsp3) is 1.00. The van der Waals surface area contributed by atoms with Gasteiger partial charge < -0.3 is 14.9 Å². The van der Waals surface area contributed by atoms with Crippen molar-refractivity contribution in [3.63, 3.8) is 0 Å². The molecule has 0 radical (unpaired) electrons. The average Bonchev–Trinajstić information content (AvgIpc) is 2.03. The summed E-state index contributed by atoms with van der Waals surface area (Å²) in [6.45, 7) is 1.59. The van der Waals surface area contributed by atoms with Crippen LogP contribution >= 0.6 is 0 Å². The van der Waals surface area contributed by atoms with Gasteiger partial charge in [-0.05, 0) is 18.9 Å². The van der Waals surface area contributed by atoms with E-state index >= 15 is 0 Å². The van der Waals surface area contributed by atoms with Gasteiger partial charge in [0.2, 0.25) is 0 Å². The zero-order chi connectivity index (χ0) is 9.90. The maximum Gasteiger partial charge on any atom is 0.109 e. The maximum absolute atomic E-state index is 9.76. The molecule has 2 N–H and O–H groups in total. The third-order valence-corrected chi connectivity index (χ3v) is 2.21. The normalized spacial score (nSPS) is 39.6. The highest BCUT2D eigenvalue weighted by Crippen LogP contribution is 2.26. The van der Waals surface area contributed by atoms with Crippen LogP contribution in [0.1, 0.15) is 13.3 Å². The third kappa shape index (κ3) is 2.32. The highest BCUT2D eigenvalue weighted by Gasteiger charge is 2.39. The molecule has 2 unspecified atom stereocenters. The molecule has 1 rings (SSSR count). The highest BCUT2D eigenvalue weighted by molar-refractivity contribution is 4.91. The summed E-state index contributed by atoms with van der Waals surface area (Å²) in [5.41, 5.74) is 7.06. The second-order valence-electron chi connectivity index (χ2n) is 3.42. The van der Waals surface area contributed by atoms with Crippen LogP contribution in [0.4, 0.5) is 0 Å². The SMILES string of the molecule is CC1(O)CC(N=[N+]=[N-])CO[C@@H]1CO. The predicted molar refractivity (Wildman–Crippen MR) is 45.0 cm³/mol. The molecule has 1 fully saturated rings. The summed E-state index contributed by atoms with van der Waals surface area (Å²) in [7, 11) is 0. The number of hydrogen-bond acceptors (Lipinski definition) is 4. The van der Waals surface area contributed by atoms with Crippen molar-refractivity contribution in [3.05, 3.63) is 10.4 Å². The average molecular weight is 187 g/mol. The molecule has 1 heterocycles. The minimum Gasteiger partial charge on any atom is -0.394 e. The Labute approximate surface area is 75.8 Å². The van der Waals surface area contributed by atoms with Gasteiger partial charge in [-0.25, -0.2) is 0 Å².